The fourth-order valence-electron chi connectivity index (χ4n) is 1.89. The molecule has 0 atom stereocenters. The molecule has 104 valence electrons. The second kappa shape index (κ2) is 7.36. The highest BCUT2D eigenvalue weighted by atomic mass is 16.5. The molecule has 0 spiro atoms. The summed E-state index contributed by atoms with van der Waals surface area (Å²) in [5.74, 6) is 1.17. The van der Waals surface area contributed by atoms with E-state index in [0.29, 0.717) is 6.61 Å². The van der Waals surface area contributed by atoms with E-state index in [-0.39, 0.29) is 5.75 Å². The zero-order valence-electron chi connectivity index (χ0n) is 11.4. The molecular formula is C17H19NO2. The van der Waals surface area contributed by atoms with Crippen LogP contribution in [0.4, 0.5) is 0 Å². The maximum atomic E-state index is 9.23. The molecule has 2 aromatic carbocycles. The van der Waals surface area contributed by atoms with Crippen molar-refractivity contribution in [2.24, 2.45) is 0 Å². The lowest BCUT2D eigenvalue weighted by Gasteiger charge is -2.11. The Morgan fingerprint density at radius 3 is 2.55 bits per heavy atom. The molecule has 2 N–H and O–H groups in total. The van der Waals surface area contributed by atoms with E-state index in [1.807, 2.05) is 36.4 Å². The van der Waals surface area contributed by atoms with E-state index < -0.39 is 0 Å². The number of para-hydroxylation sites is 1. The fourth-order valence-corrected chi connectivity index (χ4v) is 1.89. The highest BCUT2D eigenvalue weighted by molar-refractivity contribution is 5.33. The van der Waals surface area contributed by atoms with Crippen LogP contribution >= 0.6 is 0 Å². The van der Waals surface area contributed by atoms with E-state index in [4.69, 9.17) is 4.74 Å². The highest BCUT2D eigenvalue weighted by Crippen LogP contribution is 2.18. The van der Waals surface area contributed by atoms with Crippen LogP contribution in [0, 0.1) is 0 Å². The van der Waals surface area contributed by atoms with E-state index in [0.717, 1.165) is 30.0 Å². The Bertz CT molecular complexity index is 549. The molecule has 0 saturated carbocycles. The van der Waals surface area contributed by atoms with Crippen molar-refractivity contribution in [1.29, 1.82) is 0 Å². The lowest BCUT2D eigenvalue weighted by molar-refractivity contribution is 0.358. The zero-order chi connectivity index (χ0) is 14.2. The van der Waals surface area contributed by atoms with Gasteiger partial charge in [-0.25, -0.2) is 0 Å². The smallest absolute Gasteiger partial charge is 0.124 e. The van der Waals surface area contributed by atoms with Crippen LogP contribution in [0.15, 0.2) is 61.2 Å². The quantitative estimate of drug-likeness (QED) is 0.758. The molecule has 2 rings (SSSR count). The first-order valence-electron chi connectivity index (χ1n) is 6.60. The van der Waals surface area contributed by atoms with Crippen LogP contribution in [0.1, 0.15) is 11.1 Å². The second-order valence-electron chi connectivity index (χ2n) is 4.48. The van der Waals surface area contributed by atoms with Gasteiger partial charge in [0.25, 0.3) is 0 Å². The largest absolute Gasteiger partial charge is 0.508 e. The first-order chi connectivity index (χ1) is 9.79. The van der Waals surface area contributed by atoms with Gasteiger partial charge in [-0.2, -0.15) is 0 Å². The molecule has 0 radical (unpaired) electrons. The third kappa shape index (κ3) is 4.14. The minimum Gasteiger partial charge on any atom is -0.508 e. The van der Waals surface area contributed by atoms with Crippen LogP contribution in [0.25, 0.3) is 0 Å². The van der Waals surface area contributed by atoms with E-state index in [1.165, 1.54) is 0 Å². The molecule has 3 nitrogen and oxygen atoms in total. The van der Waals surface area contributed by atoms with Crippen LogP contribution in [0.2, 0.25) is 0 Å². The van der Waals surface area contributed by atoms with Gasteiger partial charge < -0.3 is 15.2 Å². The lowest BCUT2D eigenvalue weighted by Crippen LogP contribution is -2.13. The number of hydrogen-bond acceptors (Lipinski definition) is 3. The average Bonchev–Trinajstić information content (AvgIpc) is 2.48. The number of hydrogen-bond donors (Lipinski definition) is 2. The van der Waals surface area contributed by atoms with Crippen molar-refractivity contribution >= 4 is 0 Å². The summed E-state index contributed by atoms with van der Waals surface area (Å²) >= 11 is 0. The van der Waals surface area contributed by atoms with Crippen LogP contribution in [-0.2, 0) is 13.1 Å². The first kappa shape index (κ1) is 14.2. The molecule has 0 aliphatic rings. The number of aromatic hydroxyl groups is 1. The Kier molecular flexibility index (Phi) is 5.21. The van der Waals surface area contributed by atoms with Gasteiger partial charge in [-0.1, -0.05) is 43.0 Å². The Morgan fingerprint density at radius 2 is 1.80 bits per heavy atom. The molecule has 0 aliphatic carbocycles. The second-order valence-corrected chi connectivity index (χ2v) is 4.48. The molecule has 0 heterocycles. The molecule has 3 heteroatoms. The summed E-state index contributed by atoms with van der Waals surface area (Å²) < 4.78 is 5.61. The minimum absolute atomic E-state index is 0.289. The number of rotatable bonds is 7. The lowest BCUT2D eigenvalue weighted by atomic mass is 10.2. The molecule has 0 aliphatic heterocycles. The minimum atomic E-state index is 0.289. The van der Waals surface area contributed by atoms with Gasteiger partial charge in [0.1, 0.15) is 18.1 Å². The number of nitrogens with one attached hydrogen (secondary N) is 1. The van der Waals surface area contributed by atoms with E-state index >= 15 is 0 Å². The van der Waals surface area contributed by atoms with Gasteiger partial charge in [0, 0.05) is 18.7 Å². The van der Waals surface area contributed by atoms with Gasteiger partial charge in [0.2, 0.25) is 0 Å². The Balaban J connectivity index is 1.90. The highest BCUT2D eigenvalue weighted by Gasteiger charge is 2.02. The third-order valence-electron chi connectivity index (χ3n) is 2.91. The summed E-state index contributed by atoms with van der Waals surface area (Å²) in [7, 11) is 0. The summed E-state index contributed by atoms with van der Waals surface area (Å²) in [4.78, 5) is 0. The Labute approximate surface area is 119 Å². The Hall–Kier alpha value is -2.26. The monoisotopic (exact) mass is 269 g/mol. The predicted octanol–water partition coefficient (Wildman–Crippen LogP) is 3.25. The molecular weight excluding hydrogens is 250 g/mol. The molecule has 2 aromatic rings. The van der Waals surface area contributed by atoms with Crippen molar-refractivity contribution in [2.45, 2.75) is 13.1 Å². The zero-order valence-corrected chi connectivity index (χ0v) is 11.4. The molecule has 0 saturated heterocycles. The molecule has 20 heavy (non-hydrogen) atoms. The summed E-state index contributed by atoms with van der Waals surface area (Å²) in [6.07, 6.45) is 1.74. The number of ether oxygens (including phenoxy) is 1. The van der Waals surface area contributed by atoms with Crippen molar-refractivity contribution in [1.82, 2.24) is 5.32 Å². The predicted molar refractivity (Wildman–Crippen MR) is 80.8 cm³/mol. The standard InChI is InChI=1S/C17H19NO2/c1-2-11-20-17-6-4-3-5-15(17)13-18-12-14-7-9-16(19)10-8-14/h2-10,18-19H,1,11-13H2. The summed E-state index contributed by atoms with van der Waals surface area (Å²) in [5, 5.41) is 12.6. The molecule has 0 unspecified atom stereocenters. The van der Waals surface area contributed by atoms with Crippen LogP contribution in [0.5, 0.6) is 11.5 Å². The van der Waals surface area contributed by atoms with E-state index in [1.54, 1.807) is 18.2 Å². The average molecular weight is 269 g/mol. The first-order valence-corrected chi connectivity index (χ1v) is 6.60. The third-order valence-corrected chi connectivity index (χ3v) is 2.91. The summed E-state index contributed by atoms with van der Waals surface area (Å²) in [5.41, 5.74) is 2.25. The summed E-state index contributed by atoms with van der Waals surface area (Å²) in [6.45, 7) is 5.64. The molecule has 0 fully saturated rings. The summed E-state index contributed by atoms with van der Waals surface area (Å²) in [6, 6.07) is 15.2. The van der Waals surface area contributed by atoms with Gasteiger partial charge in [0.15, 0.2) is 0 Å². The van der Waals surface area contributed by atoms with Gasteiger partial charge in [-0.15, -0.1) is 0 Å². The normalized spacial score (nSPS) is 10.2. The Morgan fingerprint density at radius 1 is 1.05 bits per heavy atom. The fraction of sp³-hybridized carbons (Fsp3) is 0.176. The molecule has 0 amide bonds. The van der Waals surface area contributed by atoms with Gasteiger partial charge in [-0.05, 0) is 23.8 Å². The van der Waals surface area contributed by atoms with Crippen molar-refractivity contribution < 1.29 is 9.84 Å². The molecule has 0 aromatic heterocycles. The van der Waals surface area contributed by atoms with Crippen molar-refractivity contribution in [3.63, 3.8) is 0 Å². The van der Waals surface area contributed by atoms with Crippen LogP contribution < -0.4 is 10.1 Å². The number of phenols is 1. The van der Waals surface area contributed by atoms with E-state index in [9.17, 15) is 5.11 Å². The maximum absolute atomic E-state index is 9.23. The topological polar surface area (TPSA) is 41.5 Å². The molecule has 0 bridgehead atoms. The SMILES string of the molecule is C=CCOc1ccccc1CNCc1ccc(O)cc1. The van der Waals surface area contributed by atoms with Gasteiger partial charge >= 0.3 is 0 Å². The van der Waals surface area contributed by atoms with Crippen molar-refractivity contribution in [2.75, 3.05) is 6.61 Å². The number of benzene rings is 2. The van der Waals surface area contributed by atoms with Gasteiger partial charge in [0.05, 0.1) is 0 Å². The maximum Gasteiger partial charge on any atom is 0.124 e. The van der Waals surface area contributed by atoms with Crippen LogP contribution in [-0.4, -0.2) is 11.7 Å². The van der Waals surface area contributed by atoms with Crippen LogP contribution in [0.3, 0.4) is 0 Å². The number of phenolic OH excluding ortho intramolecular Hbond substituents is 1. The van der Waals surface area contributed by atoms with Crippen molar-refractivity contribution in [3.8, 4) is 11.5 Å². The van der Waals surface area contributed by atoms with Gasteiger partial charge in [-0.3, -0.25) is 0 Å². The van der Waals surface area contributed by atoms with Crippen molar-refractivity contribution in [3.05, 3.63) is 72.3 Å². The van der Waals surface area contributed by atoms with E-state index in [2.05, 4.69) is 11.9 Å².